The van der Waals surface area contributed by atoms with E-state index in [4.69, 9.17) is 5.73 Å². The number of likely N-dealkylation sites (N-methyl/N-ethyl adjacent to an activating group) is 1. The molecule has 2 nitrogen and oxygen atoms in total. The van der Waals surface area contributed by atoms with Crippen molar-refractivity contribution in [2.75, 3.05) is 13.6 Å². The Kier molecular flexibility index (Phi) is 5.94. The molecule has 1 rings (SSSR count). The summed E-state index contributed by atoms with van der Waals surface area (Å²) in [6, 6.07) is 0.749. The summed E-state index contributed by atoms with van der Waals surface area (Å²) in [4.78, 5) is 2.64. The van der Waals surface area contributed by atoms with Crippen LogP contribution in [0.4, 0.5) is 0 Å². The largest absolute Gasteiger partial charge is 0.329 e. The first-order valence-electron chi connectivity index (χ1n) is 7.54. The Hall–Kier alpha value is -0.0800. The lowest BCUT2D eigenvalue weighted by atomic mass is 9.80. The second-order valence-electron chi connectivity index (χ2n) is 5.97. The van der Waals surface area contributed by atoms with Crippen molar-refractivity contribution in [3.63, 3.8) is 0 Å². The summed E-state index contributed by atoms with van der Waals surface area (Å²) in [7, 11) is 2.32. The van der Waals surface area contributed by atoms with Gasteiger partial charge in [-0.2, -0.15) is 0 Å². The van der Waals surface area contributed by atoms with Crippen LogP contribution in [0.5, 0.6) is 0 Å². The van der Waals surface area contributed by atoms with E-state index in [0.717, 1.165) is 18.5 Å². The van der Waals surface area contributed by atoms with Crippen LogP contribution in [-0.4, -0.2) is 30.1 Å². The summed E-state index contributed by atoms with van der Waals surface area (Å²) < 4.78 is 0. The summed E-state index contributed by atoms with van der Waals surface area (Å²) in [5.74, 6) is 0.836. The van der Waals surface area contributed by atoms with Crippen LogP contribution in [0, 0.1) is 5.92 Å². The number of nitrogens with zero attached hydrogens (tertiary/aromatic N) is 1. The zero-order valence-electron chi connectivity index (χ0n) is 12.3. The third-order valence-corrected chi connectivity index (χ3v) is 5.07. The highest BCUT2D eigenvalue weighted by atomic mass is 15.2. The molecule has 1 saturated carbocycles. The fourth-order valence-electron chi connectivity index (χ4n) is 3.68. The van der Waals surface area contributed by atoms with Gasteiger partial charge >= 0.3 is 0 Å². The number of hydrogen-bond donors (Lipinski definition) is 1. The van der Waals surface area contributed by atoms with Crippen molar-refractivity contribution >= 4 is 0 Å². The Bertz CT molecular complexity index is 211. The molecule has 0 heterocycles. The van der Waals surface area contributed by atoms with Crippen LogP contribution in [0.2, 0.25) is 0 Å². The molecule has 1 fully saturated rings. The van der Waals surface area contributed by atoms with Gasteiger partial charge < -0.3 is 5.73 Å². The Morgan fingerprint density at radius 3 is 2.35 bits per heavy atom. The minimum Gasteiger partial charge on any atom is -0.329 e. The highest BCUT2D eigenvalue weighted by molar-refractivity contribution is 4.94. The standard InChI is InChI=1S/C15H32N2/c1-5-11-15(6-2,12-16)17(4)14-10-8-7-9-13(14)3/h13-14H,5-12,16H2,1-4H3. The van der Waals surface area contributed by atoms with Crippen molar-refractivity contribution in [2.45, 2.75) is 77.3 Å². The molecule has 0 radical (unpaired) electrons. The monoisotopic (exact) mass is 240 g/mol. The maximum Gasteiger partial charge on any atom is 0.0329 e. The van der Waals surface area contributed by atoms with Gasteiger partial charge in [0.1, 0.15) is 0 Å². The van der Waals surface area contributed by atoms with Crippen molar-refractivity contribution < 1.29 is 0 Å². The first-order valence-corrected chi connectivity index (χ1v) is 7.54. The molecular formula is C15H32N2. The van der Waals surface area contributed by atoms with E-state index >= 15 is 0 Å². The molecule has 2 N–H and O–H groups in total. The molecule has 0 bridgehead atoms. The van der Waals surface area contributed by atoms with Gasteiger partial charge in [0, 0.05) is 18.1 Å². The van der Waals surface area contributed by atoms with Crippen molar-refractivity contribution in [3.8, 4) is 0 Å². The van der Waals surface area contributed by atoms with Gasteiger partial charge in [0.15, 0.2) is 0 Å². The topological polar surface area (TPSA) is 29.3 Å². The minimum absolute atomic E-state index is 0.241. The Morgan fingerprint density at radius 2 is 1.88 bits per heavy atom. The fraction of sp³-hybridized carbons (Fsp3) is 1.00. The second kappa shape index (κ2) is 6.75. The van der Waals surface area contributed by atoms with E-state index < -0.39 is 0 Å². The molecule has 3 unspecified atom stereocenters. The van der Waals surface area contributed by atoms with Gasteiger partial charge in [-0.3, -0.25) is 4.90 Å². The first-order chi connectivity index (χ1) is 8.11. The van der Waals surface area contributed by atoms with E-state index in [-0.39, 0.29) is 5.54 Å². The van der Waals surface area contributed by atoms with E-state index in [1.807, 2.05) is 0 Å². The maximum absolute atomic E-state index is 6.12. The molecule has 0 aromatic carbocycles. The lowest BCUT2D eigenvalue weighted by Crippen LogP contribution is -2.57. The predicted molar refractivity (Wildman–Crippen MR) is 76.2 cm³/mol. The smallest absolute Gasteiger partial charge is 0.0329 e. The minimum atomic E-state index is 0.241. The summed E-state index contributed by atoms with van der Waals surface area (Å²) in [5.41, 5.74) is 6.36. The van der Waals surface area contributed by atoms with Gasteiger partial charge in [0.25, 0.3) is 0 Å². The van der Waals surface area contributed by atoms with E-state index in [2.05, 4.69) is 32.7 Å². The Labute approximate surface area is 108 Å². The zero-order chi connectivity index (χ0) is 12.9. The molecule has 3 atom stereocenters. The van der Waals surface area contributed by atoms with Gasteiger partial charge in [-0.1, -0.05) is 40.0 Å². The Morgan fingerprint density at radius 1 is 1.24 bits per heavy atom. The van der Waals surface area contributed by atoms with E-state index in [0.29, 0.717) is 0 Å². The predicted octanol–water partition coefficient (Wildman–Crippen LogP) is 3.40. The Balaban J connectivity index is 2.78. The molecule has 102 valence electrons. The van der Waals surface area contributed by atoms with Crippen LogP contribution in [-0.2, 0) is 0 Å². The lowest BCUT2D eigenvalue weighted by molar-refractivity contribution is 0.0223. The van der Waals surface area contributed by atoms with Gasteiger partial charge in [-0.05, 0) is 38.6 Å². The van der Waals surface area contributed by atoms with Crippen LogP contribution in [0.25, 0.3) is 0 Å². The maximum atomic E-state index is 6.12. The highest BCUT2D eigenvalue weighted by Gasteiger charge is 2.37. The van der Waals surface area contributed by atoms with Gasteiger partial charge in [-0.25, -0.2) is 0 Å². The molecule has 2 heteroatoms. The average molecular weight is 240 g/mol. The zero-order valence-corrected chi connectivity index (χ0v) is 12.3. The number of nitrogens with two attached hydrogens (primary N) is 1. The van der Waals surface area contributed by atoms with Crippen LogP contribution in [0.1, 0.15) is 65.7 Å². The molecule has 0 saturated heterocycles. The third kappa shape index (κ3) is 3.23. The molecular weight excluding hydrogens is 208 g/mol. The number of hydrogen-bond acceptors (Lipinski definition) is 2. The molecule has 1 aliphatic rings. The van der Waals surface area contributed by atoms with E-state index in [1.165, 1.54) is 44.9 Å². The molecule has 0 aromatic heterocycles. The fourth-order valence-corrected chi connectivity index (χ4v) is 3.68. The molecule has 1 aliphatic carbocycles. The normalized spacial score (nSPS) is 29.3. The van der Waals surface area contributed by atoms with Gasteiger partial charge in [0.2, 0.25) is 0 Å². The molecule has 17 heavy (non-hydrogen) atoms. The van der Waals surface area contributed by atoms with Gasteiger partial charge in [-0.15, -0.1) is 0 Å². The summed E-state index contributed by atoms with van der Waals surface area (Å²) in [5, 5.41) is 0. The SMILES string of the molecule is CCCC(CC)(CN)N(C)C1CCCCC1C. The second-order valence-corrected chi connectivity index (χ2v) is 5.97. The summed E-state index contributed by atoms with van der Waals surface area (Å²) in [6.07, 6.45) is 9.22. The molecule has 0 amide bonds. The lowest BCUT2D eigenvalue weighted by Gasteiger charge is -2.48. The van der Waals surface area contributed by atoms with E-state index in [1.54, 1.807) is 0 Å². The third-order valence-electron chi connectivity index (χ3n) is 5.07. The quantitative estimate of drug-likeness (QED) is 0.771. The van der Waals surface area contributed by atoms with Crippen molar-refractivity contribution in [3.05, 3.63) is 0 Å². The van der Waals surface area contributed by atoms with E-state index in [9.17, 15) is 0 Å². The van der Waals surface area contributed by atoms with Crippen LogP contribution < -0.4 is 5.73 Å². The van der Waals surface area contributed by atoms with Crippen LogP contribution in [0.3, 0.4) is 0 Å². The summed E-state index contributed by atoms with van der Waals surface area (Å²) >= 11 is 0. The van der Waals surface area contributed by atoms with Crippen molar-refractivity contribution in [1.82, 2.24) is 4.90 Å². The van der Waals surface area contributed by atoms with Crippen molar-refractivity contribution in [1.29, 1.82) is 0 Å². The number of rotatable bonds is 6. The summed E-state index contributed by atoms with van der Waals surface area (Å²) in [6.45, 7) is 7.80. The molecule has 0 aliphatic heterocycles. The average Bonchev–Trinajstić information content (AvgIpc) is 2.36. The molecule has 0 spiro atoms. The first kappa shape index (κ1) is 15.0. The van der Waals surface area contributed by atoms with Crippen LogP contribution in [0.15, 0.2) is 0 Å². The van der Waals surface area contributed by atoms with Crippen molar-refractivity contribution in [2.24, 2.45) is 11.7 Å². The molecule has 0 aromatic rings. The van der Waals surface area contributed by atoms with Gasteiger partial charge in [0.05, 0.1) is 0 Å². The highest BCUT2D eigenvalue weighted by Crippen LogP contribution is 2.34. The van der Waals surface area contributed by atoms with Crippen LogP contribution >= 0.6 is 0 Å².